The van der Waals surface area contributed by atoms with Crippen LogP contribution in [-0.4, -0.2) is 28.2 Å². The van der Waals surface area contributed by atoms with E-state index in [9.17, 15) is 0 Å². The number of nitrogens with zero attached hydrogens (tertiary/aromatic N) is 4. The SMILES string of the molecule is CN1C(c2cccc3oc4cc(-n5c6ccccc6c6cc7ccccc7cc65)c5ccccc5c4c23)=NC(c2ccccc2)=NC1c1cccc(-c2ccccc2)c1. The van der Waals surface area contributed by atoms with E-state index in [1.54, 1.807) is 0 Å². The Balaban J connectivity index is 1.09. The van der Waals surface area contributed by atoms with Crippen LogP contribution in [0.2, 0.25) is 0 Å². The Hall–Kier alpha value is -7.76. The second-order valence-corrected chi connectivity index (χ2v) is 15.4. The molecule has 2 aromatic heterocycles. The lowest BCUT2D eigenvalue weighted by molar-refractivity contribution is 0.383. The molecule has 0 saturated heterocycles. The summed E-state index contributed by atoms with van der Waals surface area (Å²) in [4.78, 5) is 12.9. The highest BCUT2D eigenvalue weighted by molar-refractivity contribution is 6.28. The second-order valence-electron chi connectivity index (χ2n) is 15.4. The van der Waals surface area contributed by atoms with Crippen molar-refractivity contribution in [3.63, 3.8) is 0 Å². The van der Waals surface area contributed by atoms with Gasteiger partial charge < -0.3 is 13.9 Å². The molecule has 0 amide bonds. The van der Waals surface area contributed by atoms with Gasteiger partial charge in [0.05, 0.1) is 16.7 Å². The first-order valence-electron chi connectivity index (χ1n) is 20.1. The van der Waals surface area contributed by atoms with Gasteiger partial charge in [-0.25, -0.2) is 9.98 Å². The molecule has 5 heteroatoms. The molecule has 12 rings (SSSR count). The minimum atomic E-state index is -0.315. The van der Waals surface area contributed by atoms with E-state index in [-0.39, 0.29) is 6.17 Å². The highest BCUT2D eigenvalue weighted by atomic mass is 16.3. The molecule has 0 radical (unpaired) electrons. The summed E-state index contributed by atoms with van der Waals surface area (Å²) in [5, 5.41) is 9.28. The molecule has 0 bridgehead atoms. The van der Waals surface area contributed by atoms with E-state index in [2.05, 4.69) is 192 Å². The number of furan rings is 1. The molecule has 0 saturated carbocycles. The Kier molecular flexibility index (Phi) is 7.44. The van der Waals surface area contributed by atoms with E-state index in [0.717, 1.165) is 72.0 Å². The van der Waals surface area contributed by atoms with Crippen molar-refractivity contribution in [3.8, 4) is 16.8 Å². The first kappa shape index (κ1) is 33.4. The molecule has 0 fully saturated rings. The van der Waals surface area contributed by atoms with Crippen molar-refractivity contribution in [2.45, 2.75) is 6.17 Å². The highest BCUT2D eigenvalue weighted by Crippen LogP contribution is 2.43. The summed E-state index contributed by atoms with van der Waals surface area (Å²) in [5.41, 5.74) is 10.4. The van der Waals surface area contributed by atoms with Gasteiger partial charge in [-0.1, -0.05) is 158 Å². The topological polar surface area (TPSA) is 46.0 Å². The highest BCUT2D eigenvalue weighted by Gasteiger charge is 2.30. The zero-order chi connectivity index (χ0) is 39.0. The van der Waals surface area contributed by atoms with Crippen LogP contribution < -0.4 is 0 Å². The smallest absolute Gasteiger partial charge is 0.159 e. The lowest BCUT2D eigenvalue weighted by Gasteiger charge is -2.33. The van der Waals surface area contributed by atoms with Crippen molar-refractivity contribution >= 4 is 77.0 Å². The van der Waals surface area contributed by atoms with E-state index in [1.807, 2.05) is 18.2 Å². The molecule has 0 spiro atoms. The zero-order valence-corrected chi connectivity index (χ0v) is 32.2. The standard InChI is InChI=1S/C54H36N4O/c1-57-53(39-23-14-22-36(30-39)34-16-4-2-5-17-34)55-52(35-18-6-3-7-19-35)56-54(57)43-27-15-29-48-51(43)50-42-26-11-10-24-40(42)47(33-49(50)59-48)58-45-28-13-12-25-41(45)44-31-37-20-8-9-21-38(37)32-46(44)58/h2-33,53H,1H3. The number of benzene rings is 9. The fourth-order valence-corrected chi connectivity index (χ4v) is 9.26. The van der Waals surface area contributed by atoms with Crippen LogP contribution in [0.5, 0.6) is 0 Å². The average molecular weight is 757 g/mol. The van der Waals surface area contributed by atoms with Crippen LogP contribution >= 0.6 is 0 Å². The third-order valence-corrected chi connectivity index (χ3v) is 12.0. The van der Waals surface area contributed by atoms with Crippen molar-refractivity contribution in [2.75, 3.05) is 7.05 Å². The maximum absolute atomic E-state index is 6.93. The fraction of sp³-hybridized carbons (Fsp3) is 0.0370. The largest absolute Gasteiger partial charge is 0.456 e. The van der Waals surface area contributed by atoms with Crippen LogP contribution in [0.15, 0.2) is 209 Å². The van der Waals surface area contributed by atoms with Crippen molar-refractivity contribution in [1.29, 1.82) is 0 Å². The summed E-state index contributed by atoms with van der Waals surface area (Å²) in [7, 11) is 2.10. The first-order valence-corrected chi connectivity index (χ1v) is 20.1. The Bertz CT molecular complexity index is 3520. The zero-order valence-electron chi connectivity index (χ0n) is 32.2. The van der Waals surface area contributed by atoms with Crippen molar-refractivity contribution < 1.29 is 4.42 Å². The van der Waals surface area contributed by atoms with E-state index >= 15 is 0 Å². The number of para-hydroxylation sites is 1. The molecule has 3 heterocycles. The van der Waals surface area contributed by atoms with Crippen LogP contribution in [0.25, 0.3) is 82.1 Å². The summed E-state index contributed by atoms with van der Waals surface area (Å²) < 4.78 is 9.35. The van der Waals surface area contributed by atoms with Gasteiger partial charge >= 0.3 is 0 Å². The molecular weight excluding hydrogens is 721 g/mol. The molecule has 1 atom stereocenters. The lowest BCUT2D eigenvalue weighted by atomic mass is 9.97. The van der Waals surface area contributed by atoms with Gasteiger partial charge in [0.15, 0.2) is 12.0 Å². The van der Waals surface area contributed by atoms with E-state index in [0.29, 0.717) is 5.84 Å². The number of aromatic nitrogens is 1. The third kappa shape index (κ3) is 5.25. The summed E-state index contributed by atoms with van der Waals surface area (Å²) >= 11 is 0. The first-order chi connectivity index (χ1) is 29.2. The van der Waals surface area contributed by atoms with Crippen LogP contribution in [-0.2, 0) is 0 Å². The van der Waals surface area contributed by atoms with Gasteiger partial charge in [-0.05, 0) is 63.2 Å². The monoisotopic (exact) mass is 756 g/mol. The summed E-state index contributed by atoms with van der Waals surface area (Å²) in [6.45, 7) is 0. The molecule has 278 valence electrons. The van der Waals surface area contributed by atoms with Gasteiger partial charge in [0.2, 0.25) is 0 Å². The summed E-state index contributed by atoms with van der Waals surface area (Å²) in [5.74, 6) is 1.54. The van der Waals surface area contributed by atoms with Crippen LogP contribution in [0.4, 0.5) is 0 Å². The predicted octanol–water partition coefficient (Wildman–Crippen LogP) is 13.5. The number of hydrogen-bond acceptors (Lipinski definition) is 4. The van der Waals surface area contributed by atoms with Gasteiger partial charge in [-0.2, -0.15) is 0 Å². The number of aliphatic imine (C=N–C) groups is 2. The summed E-state index contributed by atoms with van der Waals surface area (Å²) in [6, 6.07) is 68.9. The Morgan fingerprint density at radius 2 is 1.14 bits per heavy atom. The molecule has 9 aromatic carbocycles. The Morgan fingerprint density at radius 1 is 0.475 bits per heavy atom. The molecule has 0 aliphatic carbocycles. The van der Waals surface area contributed by atoms with E-state index in [1.165, 1.54) is 32.6 Å². The van der Waals surface area contributed by atoms with Gasteiger partial charge in [0.1, 0.15) is 17.0 Å². The van der Waals surface area contributed by atoms with Crippen LogP contribution in [0.1, 0.15) is 22.9 Å². The van der Waals surface area contributed by atoms with Crippen LogP contribution in [0, 0.1) is 0 Å². The normalized spacial score (nSPS) is 14.5. The number of fused-ring (bicyclic) bond motifs is 9. The Morgan fingerprint density at radius 3 is 1.95 bits per heavy atom. The van der Waals surface area contributed by atoms with Gasteiger partial charge in [-0.3, -0.25) is 0 Å². The van der Waals surface area contributed by atoms with Gasteiger partial charge in [-0.15, -0.1) is 0 Å². The predicted molar refractivity (Wildman–Crippen MR) is 245 cm³/mol. The molecule has 1 aliphatic heterocycles. The molecule has 1 aliphatic rings. The molecule has 59 heavy (non-hydrogen) atoms. The van der Waals surface area contributed by atoms with Crippen molar-refractivity contribution in [3.05, 3.63) is 211 Å². The molecule has 0 N–H and O–H groups in total. The molecule has 11 aromatic rings. The maximum Gasteiger partial charge on any atom is 0.159 e. The van der Waals surface area contributed by atoms with E-state index in [4.69, 9.17) is 14.4 Å². The average Bonchev–Trinajstić information content (AvgIpc) is 3.84. The summed E-state index contributed by atoms with van der Waals surface area (Å²) in [6.07, 6.45) is -0.315. The number of amidine groups is 2. The number of rotatable bonds is 5. The van der Waals surface area contributed by atoms with Crippen LogP contribution in [0.3, 0.4) is 0 Å². The van der Waals surface area contributed by atoms with Crippen molar-refractivity contribution in [1.82, 2.24) is 9.47 Å². The van der Waals surface area contributed by atoms with Crippen molar-refractivity contribution in [2.24, 2.45) is 9.98 Å². The third-order valence-electron chi connectivity index (χ3n) is 12.0. The van der Waals surface area contributed by atoms with Gasteiger partial charge in [0, 0.05) is 51.2 Å². The minimum absolute atomic E-state index is 0.315. The second kappa shape index (κ2) is 13.2. The number of hydrogen-bond donors (Lipinski definition) is 0. The minimum Gasteiger partial charge on any atom is -0.456 e. The lowest BCUT2D eigenvalue weighted by Crippen LogP contribution is -2.35. The maximum atomic E-state index is 6.93. The molecule has 1 unspecified atom stereocenters. The van der Waals surface area contributed by atoms with Gasteiger partial charge in [0.25, 0.3) is 0 Å². The Labute approximate surface area is 340 Å². The fourth-order valence-electron chi connectivity index (χ4n) is 9.26. The molecular formula is C54H36N4O. The van der Waals surface area contributed by atoms with E-state index < -0.39 is 0 Å². The quantitative estimate of drug-likeness (QED) is 0.176. The molecule has 5 nitrogen and oxygen atoms in total.